The van der Waals surface area contributed by atoms with Crippen LogP contribution in [0.1, 0.15) is 41.2 Å². The van der Waals surface area contributed by atoms with Crippen LogP contribution in [-0.2, 0) is 12.6 Å². The highest BCUT2D eigenvalue weighted by atomic mass is 16.3. The Morgan fingerprint density at radius 3 is 2.03 bits per heavy atom. The van der Waals surface area contributed by atoms with E-state index in [2.05, 4.69) is 5.32 Å². The average molecular weight is 512 g/mol. The van der Waals surface area contributed by atoms with Gasteiger partial charge in [0, 0.05) is 38.8 Å². The Bertz CT molecular complexity index is 1400. The van der Waals surface area contributed by atoms with E-state index in [1.807, 2.05) is 92.2 Å². The lowest BCUT2D eigenvalue weighted by Gasteiger charge is -2.39. The number of aromatic nitrogens is 2. The van der Waals surface area contributed by atoms with E-state index in [9.17, 15) is 14.7 Å². The molecule has 0 bridgehead atoms. The predicted octanol–water partition coefficient (Wildman–Crippen LogP) is 3.73. The lowest BCUT2D eigenvalue weighted by atomic mass is 9.85. The van der Waals surface area contributed by atoms with Crippen LogP contribution in [0, 0.1) is 0 Å². The molecule has 38 heavy (non-hydrogen) atoms. The van der Waals surface area contributed by atoms with Crippen LogP contribution >= 0.6 is 0 Å². The van der Waals surface area contributed by atoms with Gasteiger partial charge < -0.3 is 24.8 Å². The van der Waals surface area contributed by atoms with Gasteiger partial charge in [-0.2, -0.15) is 0 Å². The Labute approximate surface area is 222 Å². The van der Waals surface area contributed by atoms with Crippen LogP contribution in [0.4, 0.5) is 4.79 Å². The first-order chi connectivity index (χ1) is 18.4. The number of hydrogen-bond acceptors (Lipinski definition) is 4. The number of benzene rings is 3. The van der Waals surface area contributed by atoms with E-state index in [0.29, 0.717) is 54.2 Å². The lowest BCUT2D eigenvalue weighted by molar-refractivity contribution is 0.0860. The lowest BCUT2D eigenvalue weighted by Crippen LogP contribution is -2.60. The van der Waals surface area contributed by atoms with Crippen LogP contribution in [0.3, 0.4) is 0 Å². The van der Waals surface area contributed by atoms with Gasteiger partial charge in [-0.3, -0.25) is 4.79 Å². The largest absolute Gasteiger partial charge is 0.373 e. The van der Waals surface area contributed by atoms with E-state index in [1.54, 1.807) is 21.9 Å². The minimum Gasteiger partial charge on any atom is -0.373 e. The van der Waals surface area contributed by atoms with E-state index in [-0.39, 0.29) is 18.0 Å². The molecule has 4 aromatic rings. The number of rotatable bonds is 7. The number of imidazole rings is 1. The van der Waals surface area contributed by atoms with Crippen molar-refractivity contribution in [3.05, 3.63) is 101 Å². The Hall–Kier alpha value is -4.17. The molecule has 3 amide bonds. The van der Waals surface area contributed by atoms with Gasteiger partial charge in [0.1, 0.15) is 0 Å². The van der Waals surface area contributed by atoms with Gasteiger partial charge in [-0.1, -0.05) is 60.7 Å². The topological polar surface area (TPSA) is 90.7 Å². The summed E-state index contributed by atoms with van der Waals surface area (Å²) in [6.45, 7) is 6.04. The van der Waals surface area contributed by atoms with Crippen molar-refractivity contribution in [2.75, 3.05) is 26.2 Å². The number of nitrogens with one attached hydrogen (secondary N) is 1. The van der Waals surface area contributed by atoms with E-state index in [1.165, 1.54) is 0 Å². The number of amides is 3. The molecule has 1 saturated heterocycles. The zero-order valence-electron chi connectivity index (χ0n) is 22.0. The van der Waals surface area contributed by atoms with E-state index in [0.717, 1.165) is 5.52 Å². The van der Waals surface area contributed by atoms with Crippen LogP contribution < -0.4 is 5.32 Å². The van der Waals surface area contributed by atoms with E-state index < -0.39 is 5.60 Å². The minimum absolute atomic E-state index is 0.00801. The van der Waals surface area contributed by atoms with E-state index >= 15 is 0 Å². The third-order valence-corrected chi connectivity index (χ3v) is 7.37. The van der Waals surface area contributed by atoms with Crippen LogP contribution in [0.5, 0.6) is 0 Å². The van der Waals surface area contributed by atoms with Crippen molar-refractivity contribution < 1.29 is 14.7 Å². The minimum atomic E-state index is -1.49. The maximum atomic E-state index is 13.3. The maximum absolute atomic E-state index is 13.3. The van der Waals surface area contributed by atoms with Crippen molar-refractivity contribution in [1.29, 1.82) is 0 Å². The number of urea groups is 1. The summed E-state index contributed by atoms with van der Waals surface area (Å²) < 4.78 is 1.85. The summed E-state index contributed by atoms with van der Waals surface area (Å²) in [5, 5.41) is 15.3. The molecule has 5 rings (SSSR count). The highest BCUT2D eigenvalue weighted by molar-refractivity contribution is 5.97. The fraction of sp³-hybridized carbons (Fsp3) is 0.300. The van der Waals surface area contributed by atoms with Crippen LogP contribution in [0.15, 0.2) is 78.9 Å². The first-order valence-electron chi connectivity index (χ1n) is 13.0. The first kappa shape index (κ1) is 25.5. The van der Waals surface area contributed by atoms with Crippen molar-refractivity contribution in [2.24, 2.45) is 7.05 Å². The molecule has 8 heteroatoms. The second kappa shape index (κ2) is 10.3. The summed E-state index contributed by atoms with van der Waals surface area (Å²) in [4.78, 5) is 34.1. The fourth-order valence-electron chi connectivity index (χ4n) is 5.27. The van der Waals surface area contributed by atoms with Crippen molar-refractivity contribution in [3.63, 3.8) is 0 Å². The molecule has 2 N–H and O–H groups in total. The van der Waals surface area contributed by atoms with Crippen molar-refractivity contribution in [2.45, 2.75) is 25.5 Å². The number of likely N-dealkylation sites (N-methyl/N-ethyl adjacent to an activating group) is 2. The molecule has 0 radical (unpaired) electrons. The number of aryl methyl sites for hydroxylation is 1. The van der Waals surface area contributed by atoms with Gasteiger partial charge in [0.2, 0.25) is 0 Å². The molecule has 196 valence electrons. The highest BCUT2D eigenvalue weighted by Gasteiger charge is 2.38. The molecule has 3 aromatic carbocycles. The molecule has 2 heterocycles. The van der Waals surface area contributed by atoms with Gasteiger partial charge in [-0.15, -0.1) is 0 Å². The maximum Gasteiger partial charge on any atom is 0.320 e. The first-order valence-corrected chi connectivity index (χ1v) is 13.0. The van der Waals surface area contributed by atoms with E-state index in [4.69, 9.17) is 4.98 Å². The summed E-state index contributed by atoms with van der Waals surface area (Å²) >= 11 is 0. The molecular weight excluding hydrogens is 478 g/mol. The Morgan fingerprint density at radius 1 is 0.947 bits per heavy atom. The smallest absolute Gasteiger partial charge is 0.320 e. The number of nitrogens with zero attached hydrogens (tertiary/aromatic N) is 4. The molecule has 0 spiro atoms. The van der Waals surface area contributed by atoms with Gasteiger partial charge in [-0.25, -0.2) is 9.78 Å². The normalized spacial score (nSPS) is 14.8. The third kappa shape index (κ3) is 4.41. The summed E-state index contributed by atoms with van der Waals surface area (Å²) in [5.41, 5.74) is 1.84. The SMILES string of the molecule is CCN1CC(NC(=O)c2ccc3nc(C(O)(c4ccccc4)c4ccccc4)n(C)c3c2)CN(CC)C1=O. The molecule has 0 saturated carbocycles. The molecule has 0 atom stereocenters. The summed E-state index contributed by atoms with van der Waals surface area (Å²) in [7, 11) is 1.86. The van der Waals surface area contributed by atoms with Crippen LogP contribution in [0.25, 0.3) is 11.0 Å². The van der Waals surface area contributed by atoms with Gasteiger partial charge in [-0.05, 0) is 43.2 Å². The van der Waals surface area contributed by atoms with Gasteiger partial charge >= 0.3 is 6.03 Å². The number of hydrogen-bond donors (Lipinski definition) is 2. The van der Waals surface area contributed by atoms with Crippen molar-refractivity contribution in [1.82, 2.24) is 24.7 Å². The summed E-state index contributed by atoms with van der Waals surface area (Å²) in [6.07, 6.45) is 0. The quantitative estimate of drug-likeness (QED) is 0.396. The number of aliphatic hydroxyl groups is 1. The van der Waals surface area contributed by atoms with Gasteiger partial charge in [0.25, 0.3) is 5.91 Å². The van der Waals surface area contributed by atoms with Crippen LogP contribution in [-0.4, -0.2) is 68.6 Å². The second-order valence-electron chi connectivity index (χ2n) is 9.67. The fourth-order valence-corrected chi connectivity index (χ4v) is 5.27. The molecular formula is C30H33N5O3. The molecule has 1 fully saturated rings. The standard InChI is InChI=1S/C30H33N5O3/c1-4-34-19-24(20-35(5-2)29(34)37)31-27(36)21-16-17-25-26(18-21)33(3)28(32-25)30(38,22-12-8-6-9-13-22)23-14-10-7-11-15-23/h6-18,24,38H,4-5,19-20H2,1-3H3,(H,31,36). The monoisotopic (exact) mass is 511 g/mol. The summed E-state index contributed by atoms with van der Waals surface area (Å²) in [6, 6.07) is 24.2. The molecule has 1 aliphatic heterocycles. The molecule has 1 aromatic heterocycles. The molecule has 0 aliphatic carbocycles. The predicted molar refractivity (Wildman–Crippen MR) is 147 cm³/mol. The summed E-state index contributed by atoms with van der Waals surface area (Å²) in [5.74, 6) is 0.257. The second-order valence-corrected chi connectivity index (χ2v) is 9.67. The number of carbonyl (C=O) groups is 2. The zero-order chi connectivity index (χ0) is 26.9. The average Bonchev–Trinajstić information content (AvgIpc) is 3.30. The highest BCUT2D eigenvalue weighted by Crippen LogP contribution is 2.37. The number of carbonyl (C=O) groups excluding carboxylic acids is 2. The van der Waals surface area contributed by atoms with Crippen LogP contribution in [0.2, 0.25) is 0 Å². The van der Waals surface area contributed by atoms with Gasteiger partial charge in [0.15, 0.2) is 11.4 Å². The zero-order valence-corrected chi connectivity index (χ0v) is 22.0. The Kier molecular flexibility index (Phi) is 6.91. The van der Waals surface area contributed by atoms with Gasteiger partial charge in [0.05, 0.1) is 17.1 Å². The molecule has 0 unspecified atom stereocenters. The molecule has 1 aliphatic rings. The van der Waals surface area contributed by atoms with Crippen molar-refractivity contribution in [3.8, 4) is 0 Å². The third-order valence-electron chi connectivity index (χ3n) is 7.37. The van der Waals surface area contributed by atoms with Crippen molar-refractivity contribution >= 4 is 23.0 Å². The Morgan fingerprint density at radius 2 is 1.50 bits per heavy atom. The molecule has 8 nitrogen and oxygen atoms in total. The number of fused-ring (bicyclic) bond motifs is 1. The Balaban J connectivity index is 1.49.